The van der Waals surface area contributed by atoms with E-state index in [0.717, 1.165) is 51.5 Å². The van der Waals surface area contributed by atoms with Crippen LogP contribution in [0.25, 0.3) is 17.1 Å². The minimum atomic E-state index is 0.223. The van der Waals surface area contributed by atoms with Crippen LogP contribution in [-0.4, -0.2) is 28.4 Å². The van der Waals surface area contributed by atoms with Gasteiger partial charge in [0.2, 0.25) is 0 Å². The lowest BCUT2D eigenvalue weighted by Crippen LogP contribution is -2.09. The molecule has 0 spiro atoms. The van der Waals surface area contributed by atoms with E-state index in [1.54, 1.807) is 7.11 Å². The number of aryl methyl sites for hydroxylation is 1. The Morgan fingerprint density at radius 2 is 2.04 bits per heavy atom. The van der Waals surface area contributed by atoms with Gasteiger partial charge in [-0.15, -0.1) is 10.2 Å². The third-order valence-electron chi connectivity index (χ3n) is 4.60. The number of methoxy groups -OCH3 is 1. The second kappa shape index (κ2) is 6.08. The van der Waals surface area contributed by atoms with Crippen molar-refractivity contribution in [3.8, 4) is 22.8 Å². The number of anilines is 1. The molecule has 1 atom stereocenters. The van der Waals surface area contributed by atoms with Gasteiger partial charge in [0, 0.05) is 29.1 Å². The third kappa shape index (κ3) is 2.65. The van der Waals surface area contributed by atoms with Crippen LogP contribution in [0.2, 0.25) is 5.02 Å². The smallest absolute Gasteiger partial charge is 0.168 e. The number of halogens is 1. The molecule has 0 amide bonds. The number of hydrogen-bond donors (Lipinski definition) is 1. The van der Waals surface area contributed by atoms with Crippen molar-refractivity contribution in [3.05, 3.63) is 52.8 Å². The fourth-order valence-electron chi connectivity index (χ4n) is 3.10. The van der Waals surface area contributed by atoms with Crippen LogP contribution in [-0.2, 0) is 0 Å². The zero-order valence-electron chi connectivity index (χ0n) is 14.4. The highest BCUT2D eigenvalue weighted by Crippen LogP contribution is 2.36. The summed E-state index contributed by atoms with van der Waals surface area (Å²) < 4.78 is 7.47. The standard InChI is InChI=1S/C19H19ClN4O/c1-11-4-5-13(8-15(11)20)19-23-22-18-12(2)10-21-16-9-14(25-3)6-7-17(16)24(18)19/h4-9,12,21H,10H2,1-3H3/t12-/m1/s1. The lowest BCUT2D eigenvalue weighted by molar-refractivity contribution is 0.415. The van der Waals surface area contributed by atoms with Crippen molar-refractivity contribution < 1.29 is 4.74 Å². The first-order valence-corrected chi connectivity index (χ1v) is 8.60. The second-order valence-electron chi connectivity index (χ2n) is 6.35. The molecule has 0 bridgehead atoms. The van der Waals surface area contributed by atoms with Gasteiger partial charge in [-0.05, 0) is 30.7 Å². The summed E-state index contributed by atoms with van der Waals surface area (Å²) in [5, 5.41) is 13.1. The number of fused-ring (bicyclic) bond motifs is 3. The number of rotatable bonds is 2. The van der Waals surface area contributed by atoms with Gasteiger partial charge in [-0.1, -0.05) is 30.7 Å². The van der Waals surface area contributed by atoms with E-state index < -0.39 is 0 Å². The summed E-state index contributed by atoms with van der Waals surface area (Å²) in [7, 11) is 1.67. The summed E-state index contributed by atoms with van der Waals surface area (Å²) >= 11 is 6.33. The van der Waals surface area contributed by atoms with Gasteiger partial charge in [-0.2, -0.15) is 0 Å². The van der Waals surface area contributed by atoms with Crippen LogP contribution in [0.3, 0.4) is 0 Å². The molecule has 0 aliphatic carbocycles. The van der Waals surface area contributed by atoms with E-state index >= 15 is 0 Å². The normalized spacial score (nSPS) is 15.8. The molecule has 5 nitrogen and oxygen atoms in total. The SMILES string of the molecule is COc1ccc2c(c1)NC[C@@H](C)c1nnc(-c3ccc(C)c(Cl)c3)n1-2. The molecule has 1 aliphatic rings. The highest BCUT2D eigenvalue weighted by Gasteiger charge is 2.25. The summed E-state index contributed by atoms with van der Waals surface area (Å²) in [6.45, 7) is 4.92. The predicted molar refractivity (Wildman–Crippen MR) is 100.0 cm³/mol. The summed E-state index contributed by atoms with van der Waals surface area (Å²) in [4.78, 5) is 0. The Morgan fingerprint density at radius 3 is 2.80 bits per heavy atom. The first-order valence-electron chi connectivity index (χ1n) is 8.22. The van der Waals surface area contributed by atoms with Crippen LogP contribution in [0.5, 0.6) is 5.75 Å². The molecule has 2 heterocycles. The molecule has 0 unspecified atom stereocenters. The van der Waals surface area contributed by atoms with E-state index in [9.17, 15) is 0 Å². The summed E-state index contributed by atoms with van der Waals surface area (Å²) in [6.07, 6.45) is 0. The highest BCUT2D eigenvalue weighted by atomic mass is 35.5. The highest BCUT2D eigenvalue weighted by molar-refractivity contribution is 6.31. The van der Waals surface area contributed by atoms with Gasteiger partial charge < -0.3 is 10.1 Å². The maximum atomic E-state index is 6.33. The molecule has 3 aromatic rings. The van der Waals surface area contributed by atoms with Gasteiger partial charge in [-0.3, -0.25) is 4.57 Å². The molecule has 4 rings (SSSR count). The Balaban J connectivity index is 1.95. The first kappa shape index (κ1) is 16.0. The number of aromatic nitrogens is 3. The number of ether oxygens (including phenoxy) is 1. The van der Waals surface area contributed by atoms with E-state index in [-0.39, 0.29) is 5.92 Å². The monoisotopic (exact) mass is 354 g/mol. The van der Waals surface area contributed by atoms with Crippen molar-refractivity contribution in [2.45, 2.75) is 19.8 Å². The zero-order valence-corrected chi connectivity index (χ0v) is 15.1. The summed E-state index contributed by atoms with van der Waals surface area (Å²) in [5.74, 6) is 2.76. The second-order valence-corrected chi connectivity index (χ2v) is 6.75. The number of nitrogens with zero attached hydrogens (tertiary/aromatic N) is 3. The molecule has 6 heteroatoms. The van der Waals surface area contributed by atoms with Crippen molar-refractivity contribution in [2.75, 3.05) is 19.0 Å². The molecule has 0 fully saturated rings. The van der Waals surface area contributed by atoms with Crippen molar-refractivity contribution >= 4 is 17.3 Å². The molecule has 25 heavy (non-hydrogen) atoms. The Bertz CT molecular complexity index is 951. The van der Waals surface area contributed by atoms with Crippen LogP contribution < -0.4 is 10.1 Å². The van der Waals surface area contributed by atoms with Gasteiger partial charge >= 0.3 is 0 Å². The molecule has 1 aromatic heterocycles. The average molecular weight is 355 g/mol. The Labute approximate surface area is 151 Å². The first-order chi connectivity index (χ1) is 12.1. The quantitative estimate of drug-likeness (QED) is 0.739. The lowest BCUT2D eigenvalue weighted by atomic mass is 10.1. The van der Waals surface area contributed by atoms with Crippen LogP contribution in [0.1, 0.15) is 24.2 Å². The Morgan fingerprint density at radius 1 is 1.20 bits per heavy atom. The third-order valence-corrected chi connectivity index (χ3v) is 5.01. The lowest BCUT2D eigenvalue weighted by Gasteiger charge is -2.13. The van der Waals surface area contributed by atoms with Gasteiger partial charge in [0.25, 0.3) is 0 Å². The van der Waals surface area contributed by atoms with Crippen molar-refractivity contribution in [3.63, 3.8) is 0 Å². The van der Waals surface area contributed by atoms with Crippen LogP contribution >= 0.6 is 11.6 Å². The molecule has 2 aromatic carbocycles. The fourth-order valence-corrected chi connectivity index (χ4v) is 3.29. The van der Waals surface area contributed by atoms with E-state index in [1.165, 1.54) is 0 Å². The summed E-state index contributed by atoms with van der Waals surface area (Å²) in [6, 6.07) is 12.0. The number of nitrogens with one attached hydrogen (secondary N) is 1. The minimum absolute atomic E-state index is 0.223. The molecule has 128 valence electrons. The molecular formula is C19H19ClN4O. The largest absolute Gasteiger partial charge is 0.497 e. The molecule has 0 saturated carbocycles. The van der Waals surface area contributed by atoms with Crippen molar-refractivity contribution in [1.82, 2.24) is 14.8 Å². The minimum Gasteiger partial charge on any atom is -0.497 e. The fraction of sp³-hybridized carbons (Fsp3) is 0.263. The zero-order chi connectivity index (χ0) is 17.6. The van der Waals surface area contributed by atoms with Crippen molar-refractivity contribution in [1.29, 1.82) is 0 Å². The van der Waals surface area contributed by atoms with Crippen LogP contribution in [0.15, 0.2) is 36.4 Å². The van der Waals surface area contributed by atoms with Gasteiger partial charge in [0.15, 0.2) is 5.82 Å². The molecular weight excluding hydrogens is 336 g/mol. The van der Waals surface area contributed by atoms with Crippen molar-refractivity contribution in [2.24, 2.45) is 0 Å². The molecule has 0 saturated heterocycles. The summed E-state index contributed by atoms with van der Waals surface area (Å²) in [5.41, 5.74) is 4.01. The van der Waals surface area contributed by atoms with Crippen LogP contribution in [0, 0.1) is 6.92 Å². The molecule has 1 N–H and O–H groups in total. The number of benzene rings is 2. The van der Waals surface area contributed by atoms with Gasteiger partial charge in [0.1, 0.15) is 11.6 Å². The van der Waals surface area contributed by atoms with E-state index in [1.807, 2.05) is 43.3 Å². The number of hydrogen-bond acceptors (Lipinski definition) is 4. The Hall–Kier alpha value is -2.53. The molecule has 1 aliphatic heterocycles. The van der Waals surface area contributed by atoms with Gasteiger partial charge in [0.05, 0.1) is 18.5 Å². The van der Waals surface area contributed by atoms with Gasteiger partial charge in [-0.25, -0.2) is 0 Å². The topological polar surface area (TPSA) is 52.0 Å². The predicted octanol–water partition coefficient (Wildman–Crippen LogP) is 4.43. The maximum Gasteiger partial charge on any atom is 0.168 e. The Kier molecular flexibility index (Phi) is 3.88. The van der Waals surface area contributed by atoms with E-state index in [4.69, 9.17) is 16.3 Å². The van der Waals surface area contributed by atoms with E-state index in [2.05, 4.69) is 27.0 Å². The molecule has 0 radical (unpaired) electrons. The maximum absolute atomic E-state index is 6.33. The van der Waals surface area contributed by atoms with Crippen LogP contribution in [0.4, 0.5) is 5.69 Å². The average Bonchev–Trinajstić information content (AvgIpc) is 3.01. The van der Waals surface area contributed by atoms with E-state index in [0.29, 0.717) is 0 Å².